The van der Waals surface area contributed by atoms with Crippen LogP contribution in [0.4, 0.5) is 0 Å². The summed E-state index contributed by atoms with van der Waals surface area (Å²) in [7, 11) is 0. The summed E-state index contributed by atoms with van der Waals surface area (Å²) in [4.78, 5) is 4.34. The minimum absolute atomic E-state index is 0.588. The summed E-state index contributed by atoms with van der Waals surface area (Å²) in [6.07, 6.45) is 6.06. The fraction of sp³-hybridized carbons (Fsp3) is 0.217. The Balaban J connectivity index is 1.61. The summed E-state index contributed by atoms with van der Waals surface area (Å²) in [5.41, 5.74) is 6.71. The van der Waals surface area contributed by atoms with Gasteiger partial charge in [-0.3, -0.25) is 4.98 Å². The van der Waals surface area contributed by atoms with Crippen LogP contribution in [-0.2, 0) is 19.3 Å². The Bertz CT molecular complexity index is 839. The Morgan fingerprint density at radius 1 is 0.760 bits per heavy atom. The third kappa shape index (κ3) is 4.55. The SMILES string of the molecule is CCCc1ccc(CCc2ccc(-c3ccc(C#N)cn3)cc2)cc1. The zero-order valence-corrected chi connectivity index (χ0v) is 14.6. The maximum absolute atomic E-state index is 8.84. The number of rotatable bonds is 6. The monoisotopic (exact) mass is 326 g/mol. The molecule has 0 radical (unpaired) electrons. The molecule has 0 amide bonds. The van der Waals surface area contributed by atoms with E-state index in [1.165, 1.54) is 23.1 Å². The van der Waals surface area contributed by atoms with Crippen molar-refractivity contribution >= 4 is 0 Å². The fourth-order valence-corrected chi connectivity index (χ4v) is 2.92. The molecule has 0 fully saturated rings. The summed E-state index contributed by atoms with van der Waals surface area (Å²) >= 11 is 0. The number of hydrogen-bond acceptors (Lipinski definition) is 2. The van der Waals surface area contributed by atoms with E-state index < -0.39 is 0 Å². The van der Waals surface area contributed by atoms with Gasteiger partial charge in [0.25, 0.3) is 0 Å². The van der Waals surface area contributed by atoms with Crippen LogP contribution in [0, 0.1) is 11.3 Å². The first-order valence-corrected chi connectivity index (χ1v) is 8.82. The Kier molecular flexibility index (Phi) is 5.59. The molecule has 2 nitrogen and oxygen atoms in total. The van der Waals surface area contributed by atoms with Gasteiger partial charge in [0, 0.05) is 11.8 Å². The molecular weight excluding hydrogens is 304 g/mol. The number of nitriles is 1. The number of aromatic nitrogens is 1. The van der Waals surface area contributed by atoms with E-state index in [4.69, 9.17) is 5.26 Å². The van der Waals surface area contributed by atoms with Gasteiger partial charge in [0.2, 0.25) is 0 Å². The predicted molar refractivity (Wildman–Crippen MR) is 102 cm³/mol. The molecule has 0 saturated heterocycles. The lowest BCUT2D eigenvalue weighted by Gasteiger charge is -2.06. The molecule has 0 aliphatic rings. The molecule has 0 saturated carbocycles. The minimum atomic E-state index is 0.588. The molecule has 124 valence electrons. The van der Waals surface area contributed by atoms with E-state index in [1.54, 1.807) is 12.3 Å². The fourth-order valence-electron chi connectivity index (χ4n) is 2.92. The average molecular weight is 326 g/mol. The molecule has 25 heavy (non-hydrogen) atoms. The second-order valence-corrected chi connectivity index (χ2v) is 6.31. The Morgan fingerprint density at radius 3 is 1.80 bits per heavy atom. The van der Waals surface area contributed by atoms with E-state index in [2.05, 4.69) is 66.5 Å². The van der Waals surface area contributed by atoms with E-state index in [-0.39, 0.29) is 0 Å². The zero-order valence-electron chi connectivity index (χ0n) is 14.6. The molecule has 3 aromatic rings. The molecule has 0 aliphatic carbocycles. The largest absolute Gasteiger partial charge is 0.255 e. The summed E-state index contributed by atoms with van der Waals surface area (Å²) in [6, 6.07) is 23.3. The van der Waals surface area contributed by atoms with Crippen molar-refractivity contribution in [2.45, 2.75) is 32.6 Å². The van der Waals surface area contributed by atoms with Crippen LogP contribution in [0.3, 0.4) is 0 Å². The van der Waals surface area contributed by atoms with Crippen LogP contribution in [0.2, 0.25) is 0 Å². The van der Waals surface area contributed by atoms with Crippen molar-refractivity contribution in [3.8, 4) is 17.3 Å². The Labute approximate surface area is 149 Å². The molecule has 0 spiro atoms. The second kappa shape index (κ2) is 8.26. The Hall–Kier alpha value is -2.92. The molecule has 3 rings (SSSR count). The molecule has 1 aromatic heterocycles. The molecular formula is C23H22N2. The normalized spacial score (nSPS) is 10.4. The van der Waals surface area contributed by atoms with Crippen LogP contribution in [0.5, 0.6) is 0 Å². The van der Waals surface area contributed by atoms with Gasteiger partial charge in [0.1, 0.15) is 6.07 Å². The van der Waals surface area contributed by atoms with Gasteiger partial charge in [-0.15, -0.1) is 0 Å². The third-order valence-corrected chi connectivity index (χ3v) is 4.41. The number of benzene rings is 2. The molecule has 0 N–H and O–H groups in total. The van der Waals surface area contributed by atoms with E-state index in [0.29, 0.717) is 5.56 Å². The highest BCUT2D eigenvalue weighted by atomic mass is 14.7. The van der Waals surface area contributed by atoms with Gasteiger partial charge in [-0.25, -0.2) is 0 Å². The smallest absolute Gasteiger partial charge is 0.101 e. The van der Waals surface area contributed by atoms with Crippen molar-refractivity contribution in [2.75, 3.05) is 0 Å². The lowest BCUT2D eigenvalue weighted by Crippen LogP contribution is -1.93. The molecule has 2 heteroatoms. The minimum Gasteiger partial charge on any atom is -0.255 e. The van der Waals surface area contributed by atoms with Gasteiger partial charge >= 0.3 is 0 Å². The van der Waals surface area contributed by atoms with E-state index >= 15 is 0 Å². The van der Waals surface area contributed by atoms with Gasteiger partial charge < -0.3 is 0 Å². The number of nitrogens with zero attached hydrogens (tertiary/aromatic N) is 2. The lowest BCUT2D eigenvalue weighted by atomic mass is 10.0. The number of hydrogen-bond donors (Lipinski definition) is 0. The van der Waals surface area contributed by atoms with Gasteiger partial charge in [0.15, 0.2) is 0 Å². The lowest BCUT2D eigenvalue weighted by molar-refractivity contribution is 0.914. The molecule has 1 heterocycles. The van der Waals surface area contributed by atoms with E-state index in [9.17, 15) is 0 Å². The van der Waals surface area contributed by atoms with Crippen LogP contribution in [0.15, 0.2) is 66.9 Å². The highest BCUT2D eigenvalue weighted by Gasteiger charge is 2.01. The first kappa shape index (κ1) is 16.9. The highest BCUT2D eigenvalue weighted by Crippen LogP contribution is 2.18. The van der Waals surface area contributed by atoms with Crippen molar-refractivity contribution in [2.24, 2.45) is 0 Å². The van der Waals surface area contributed by atoms with Gasteiger partial charge in [-0.2, -0.15) is 5.26 Å². The van der Waals surface area contributed by atoms with Crippen molar-refractivity contribution in [1.82, 2.24) is 4.98 Å². The van der Waals surface area contributed by atoms with Crippen molar-refractivity contribution < 1.29 is 0 Å². The molecule has 0 bridgehead atoms. The standard InChI is InChI=1S/C23H22N2/c1-2-3-18-4-6-19(7-5-18)8-9-20-10-13-22(14-11-20)23-15-12-21(16-24)17-25-23/h4-7,10-15,17H,2-3,8-9H2,1H3. The van der Waals surface area contributed by atoms with Gasteiger partial charge in [-0.05, 0) is 48.1 Å². The van der Waals surface area contributed by atoms with E-state index in [1.807, 2.05) is 6.07 Å². The first-order chi connectivity index (χ1) is 12.3. The second-order valence-electron chi connectivity index (χ2n) is 6.31. The quantitative estimate of drug-likeness (QED) is 0.611. The number of aryl methyl sites for hydroxylation is 3. The predicted octanol–water partition coefficient (Wildman–Crippen LogP) is 5.36. The molecule has 0 unspecified atom stereocenters. The summed E-state index contributed by atoms with van der Waals surface area (Å²) in [5, 5.41) is 8.84. The van der Waals surface area contributed by atoms with Crippen LogP contribution < -0.4 is 0 Å². The third-order valence-electron chi connectivity index (χ3n) is 4.41. The summed E-state index contributed by atoms with van der Waals surface area (Å²) in [6.45, 7) is 2.21. The Morgan fingerprint density at radius 2 is 1.32 bits per heavy atom. The van der Waals surface area contributed by atoms with Gasteiger partial charge in [0.05, 0.1) is 11.3 Å². The topological polar surface area (TPSA) is 36.7 Å². The van der Waals surface area contributed by atoms with Crippen LogP contribution in [0.1, 0.15) is 35.6 Å². The number of pyridine rings is 1. The van der Waals surface area contributed by atoms with E-state index in [0.717, 1.165) is 30.5 Å². The summed E-state index contributed by atoms with van der Waals surface area (Å²) in [5.74, 6) is 0. The zero-order chi connectivity index (χ0) is 17.5. The average Bonchev–Trinajstić information content (AvgIpc) is 2.68. The summed E-state index contributed by atoms with van der Waals surface area (Å²) < 4.78 is 0. The first-order valence-electron chi connectivity index (χ1n) is 8.82. The maximum atomic E-state index is 8.84. The van der Waals surface area contributed by atoms with Crippen LogP contribution in [0.25, 0.3) is 11.3 Å². The van der Waals surface area contributed by atoms with Crippen molar-refractivity contribution in [1.29, 1.82) is 5.26 Å². The molecule has 0 aliphatic heterocycles. The molecule has 0 atom stereocenters. The van der Waals surface area contributed by atoms with Gasteiger partial charge in [-0.1, -0.05) is 61.9 Å². The van der Waals surface area contributed by atoms with Crippen LogP contribution in [-0.4, -0.2) is 4.98 Å². The highest BCUT2D eigenvalue weighted by molar-refractivity contribution is 5.59. The van der Waals surface area contributed by atoms with Crippen LogP contribution >= 0.6 is 0 Å². The van der Waals surface area contributed by atoms with Crippen molar-refractivity contribution in [3.05, 3.63) is 89.1 Å². The van der Waals surface area contributed by atoms with Crippen molar-refractivity contribution in [3.63, 3.8) is 0 Å². The maximum Gasteiger partial charge on any atom is 0.101 e. The molecule has 2 aromatic carbocycles.